The minimum Gasteiger partial charge on any atom is -0.493 e. The molecule has 0 spiro atoms. The molecule has 0 radical (unpaired) electrons. The molecule has 0 unspecified atom stereocenters. The number of rotatable bonds is 6. The minimum absolute atomic E-state index is 0.136. The van der Waals surface area contributed by atoms with Gasteiger partial charge < -0.3 is 18.6 Å². The van der Waals surface area contributed by atoms with E-state index in [9.17, 15) is 4.79 Å². The maximum atomic E-state index is 13.3. The van der Waals surface area contributed by atoms with Crippen molar-refractivity contribution in [3.8, 4) is 28.4 Å². The van der Waals surface area contributed by atoms with Gasteiger partial charge in [-0.25, -0.2) is 0 Å². The highest BCUT2D eigenvalue weighted by Gasteiger charge is 2.16. The molecule has 164 valence electrons. The largest absolute Gasteiger partial charge is 0.493 e. The molecule has 4 rings (SSSR count). The lowest BCUT2D eigenvalue weighted by molar-refractivity contribution is 0.306. The molecule has 0 amide bonds. The molecule has 3 aromatic carbocycles. The van der Waals surface area contributed by atoms with E-state index in [4.69, 9.17) is 41.8 Å². The molecule has 32 heavy (non-hydrogen) atoms. The summed E-state index contributed by atoms with van der Waals surface area (Å²) in [4.78, 5) is 13.3. The second-order valence-corrected chi connectivity index (χ2v) is 7.96. The van der Waals surface area contributed by atoms with Gasteiger partial charge in [0.15, 0.2) is 11.5 Å². The van der Waals surface area contributed by atoms with Gasteiger partial charge in [-0.15, -0.1) is 0 Å². The van der Waals surface area contributed by atoms with E-state index in [1.165, 1.54) is 0 Å². The monoisotopic (exact) mass is 470 g/mol. The van der Waals surface area contributed by atoms with Crippen molar-refractivity contribution in [3.63, 3.8) is 0 Å². The summed E-state index contributed by atoms with van der Waals surface area (Å²) in [5, 5.41) is 1.55. The van der Waals surface area contributed by atoms with Crippen LogP contribution in [-0.4, -0.2) is 14.2 Å². The molecule has 0 aliphatic rings. The molecule has 0 saturated carbocycles. The Kier molecular flexibility index (Phi) is 6.31. The summed E-state index contributed by atoms with van der Waals surface area (Å²) in [6, 6.07) is 15.7. The summed E-state index contributed by atoms with van der Waals surface area (Å²) in [5.74, 6) is 2.17. The summed E-state index contributed by atoms with van der Waals surface area (Å²) >= 11 is 12.1. The highest BCUT2D eigenvalue weighted by molar-refractivity contribution is 6.35. The first-order chi connectivity index (χ1) is 15.4. The topological polar surface area (TPSA) is 57.9 Å². The van der Waals surface area contributed by atoms with E-state index in [0.717, 1.165) is 5.56 Å². The standard InChI is InChI=1S/C25H20Cl2O5/c1-14-24(15-5-9-21(29-2)23(10-15)30-3)25(28)19-8-7-18(12-22(19)32-14)31-13-16-4-6-17(26)11-20(16)27/h4-12H,13H2,1-3H3. The highest BCUT2D eigenvalue weighted by Crippen LogP contribution is 2.33. The van der Waals surface area contributed by atoms with Gasteiger partial charge in [-0.3, -0.25) is 4.79 Å². The fraction of sp³-hybridized carbons (Fsp3) is 0.160. The van der Waals surface area contributed by atoms with Crippen molar-refractivity contribution in [2.24, 2.45) is 0 Å². The van der Waals surface area contributed by atoms with Gasteiger partial charge in [0, 0.05) is 21.7 Å². The van der Waals surface area contributed by atoms with Gasteiger partial charge in [0.1, 0.15) is 23.7 Å². The zero-order valence-corrected chi connectivity index (χ0v) is 19.2. The molecule has 5 nitrogen and oxygen atoms in total. The van der Waals surface area contributed by atoms with Gasteiger partial charge in [0.05, 0.1) is 25.2 Å². The van der Waals surface area contributed by atoms with Crippen LogP contribution < -0.4 is 19.6 Å². The fourth-order valence-corrected chi connectivity index (χ4v) is 3.96. The normalized spacial score (nSPS) is 10.9. The van der Waals surface area contributed by atoms with Gasteiger partial charge in [0.25, 0.3) is 0 Å². The number of benzene rings is 3. The van der Waals surface area contributed by atoms with Crippen LogP contribution >= 0.6 is 23.2 Å². The number of hydrogen-bond acceptors (Lipinski definition) is 5. The number of halogens is 2. The lowest BCUT2D eigenvalue weighted by Crippen LogP contribution is -2.08. The third kappa shape index (κ3) is 4.27. The van der Waals surface area contributed by atoms with Crippen LogP contribution in [0.15, 0.2) is 63.8 Å². The number of hydrogen-bond donors (Lipinski definition) is 0. The van der Waals surface area contributed by atoms with Gasteiger partial charge in [-0.2, -0.15) is 0 Å². The molecule has 0 aliphatic carbocycles. The van der Waals surface area contributed by atoms with Gasteiger partial charge >= 0.3 is 0 Å². The van der Waals surface area contributed by atoms with Crippen LogP contribution in [0.1, 0.15) is 11.3 Å². The van der Waals surface area contributed by atoms with Crippen LogP contribution in [0.4, 0.5) is 0 Å². The summed E-state index contributed by atoms with van der Waals surface area (Å²) < 4.78 is 22.5. The second-order valence-electron chi connectivity index (χ2n) is 7.11. The van der Waals surface area contributed by atoms with E-state index in [1.54, 1.807) is 69.7 Å². The fourth-order valence-electron chi connectivity index (χ4n) is 3.50. The lowest BCUT2D eigenvalue weighted by atomic mass is 10.0. The van der Waals surface area contributed by atoms with Crippen LogP contribution in [-0.2, 0) is 6.61 Å². The molecule has 0 saturated heterocycles. The Balaban J connectivity index is 1.68. The maximum absolute atomic E-state index is 13.3. The zero-order chi connectivity index (χ0) is 22.8. The SMILES string of the molecule is COc1ccc(-c2c(C)oc3cc(OCc4ccc(Cl)cc4Cl)ccc3c2=O)cc1OC. The van der Waals surface area contributed by atoms with Crippen molar-refractivity contribution >= 4 is 34.2 Å². The first-order valence-electron chi connectivity index (χ1n) is 9.78. The lowest BCUT2D eigenvalue weighted by Gasteiger charge is -2.12. The van der Waals surface area contributed by atoms with Crippen molar-refractivity contribution in [2.75, 3.05) is 14.2 Å². The molecule has 0 bridgehead atoms. The maximum Gasteiger partial charge on any atom is 0.200 e. The summed E-state index contributed by atoms with van der Waals surface area (Å²) in [6.07, 6.45) is 0. The van der Waals surface area contributed by atoms with Crippen LogP contribution in [0.2, 0.25) is 10.0 Å². The molecule has 0 atom stereocenters. The van der Waals surface area contributed by atoms with Crippen LogP contribution in [0, 0.1) is 6.92 Å². The summed E-state index contributed by atoms with van der Waals surface area (Å²) in [5.41, 5.74) is 2.27. The molecule has 4 aromatic rings. The van der Waals surface area contributed by atoms with Crippen molar-refractivity contribution in [2.45, 2.75) is 13.5 Å². The van der Waals surface area contributed by atoms with Crippen LogP contribution in [0.5, 0.6) is 17.2 Å². The zero-order valence-electron chi connectivity index (χ0n) is 17.7. The van der Waals surface area contributed by atoms with Crippen molar-refractivity contribution in [1.82, 2.24) is 0 Å². The molecule has 7 heteroatoms. The predicted octanol–water partition coefficient (Wildman–Crippen LogP) is 6.67. The average Bonchev–Trinajstić information content (AvgIpc) is 2.78. The molecular weight excluding hydrogens is 451 g/mol. The Hall–Kier alpha value is -3.15. The minimum atomic E-state index is -0.136. The Morgan fingerprint density at radius 1 is 0.906 bits per heavy atom. The molecular formula is C25H20Cl2O5. The quantitative estimate of drug-likeness (QED) is 0.314. The summed E-state index contributed by atoms with van der Waals surface area (Å²) in [7, 11) is 3.11. The highest BCUT2D eigenvalue weighted by atomic mass is 35.5. The van der Waals surface area contributed by atoms with Gasteiger partial charge in [-0.05, 0) is 48.9 Å². The number of ether oxygens (including phenoxy) is 3. The molecule has 0 aliphatic heterocycles. The Morgan fingerprint density at radius 2 is 1.69 bits per heavy atom. The molecule has 0 fully saturated rings. The summed E-state index contributed by atoms with van der Waals surface area (Å²) in [6.45, 7) is 2.02. The second kappa shape index (κ2) is 9.15. The third-order valence-corrected chi connectivity index (χ3v) is 5.71. The first kappa shape index (κ1) is 22.1. The van der Waals surface area contributed by atoms with E-state index in [0.29, 0.717) is 55.2 Å². The van der Waals surface area contributed by atoms with Crippen LogP contribution in [0.3, 0.4) is 0 Å². The number of methoxy groups -OCH3 is 2. The predicted molar refractivity (Wildman–Crippen MR) is 127 cm³/mol. The van der Waals surface area contributed by atoms with Crippen molar-refractivity contribution in [1.29, 1.82) is 0 Å². The number of fused-ring (bicyclic) bond motifs is 1. The Bertz CT molecular complexity index is 1360. The van der Waals surface area contributed by atoms with E-state index >= 15 is 0 Å². The Labute approximate surface area is 195 Å². The molecule has 0 N–H and O–H groups in total. The third-order valence-electron chi connectivity index (χ3n) is 5.12. The van der Waals surface area contributed by atoms with E-state index in [1.807, 2.05) is 6.07 Å². The van der Waals surface area contributed by atoms with E-state index < -0.39 is 0 Å². The Morgan fingerprint density at radius 3 is 2.41 bits per heavy atom. The smallest absolute Gasteiger partial charge is 0.200 e. The van der Waals surface area contributed by atoms with Crippen molar-refractivity contribution < 1.29 is 18.6 Å². The van der Waals surface area contributed by atoms with E-state index in [-0.39, 0.29) is 12.0 Å². The van der Waals surface area contributed by atoms with Crippen LogP contribution in [0.25, 0.3) is 22.1 Å². The molecule has 1 aromatic heterocycles. The van der Waals surface area contributed by atoms with Gasteiger partial charge in [0.2, 0.25) is 5.43 Å². The first-order valence-corrected chi connectivity index (χ1v) is 10.5. The average molecular weight is 471 g/mol. The molecule has 1 heterocycles. The van der Waals surface area contributed by atoms with E-state index in [2.05, 4.69) is 0 Å². The van der Waals surface area contributed by atoms with Crippen molar-refractivity contribution in [3.05, 3.63) is 86.2 Å². The van der Waals surface area contributed by atoms with Gasteiger partial charge in [-0.1, -0.05) is 35.3 Å². The number of aryl methyl sites for hydroxylation is 1.